The smallest absolute Gasteiger partial charge is 0.238 e. The van der Waals surface area contributed by atoms with Gasteiger partial charge in [-0.15, -0.1) is 0 Å². The molecule has 0 bridgehead atoms. The zero-order valence-corrected chi connectivity index (χ0v) is 19.4. The van der Waals surface area contributed by atoms with Crippen molar-refractivity contribution in [3.8, 4) is 23.0 Å². The molecule has 0 unspecified atom stereocenters. The number of ether oxygens (including phenoxy) is 4. The van der Waals surface area contributed by atoms with Gasteiger partial charge in [0.05, 0.1) is 39.1 Å². The minimum atomic E-state index is -0.717. The molecule has 0 radical (unpaired) electrons. The number of hydrogen-bond donors (Lipinski definition) is 2. The third-order valence-corrected chi connectivity index (χ3v) is 5.88. The first-order chi connectivity index (χ1) is 15.4. The summed E-state index contributed by atoms with van der Waals surface area (Å²) in [5, 5.41) is 5.36. The number of amidine groups is 1. The quantitative estimate of drug-likeness (QED) is 0.624. The summed E-state index contributed by atoms with van der Waals surface area (Å²) in [4.78, 5) is 29.7. The van der Waals surface area contributed by atoms with Gasteiger partial charge in [-0.1, -0.05) is 23.4 Å². The molecule has 1 aliphatic heterocycles. The predicted octanol–water partition coefficient (Wildman–Crippen LogP) is 3.62. The lowest BCUT2D eigenvalue weighted by Crippen LogP contribution is -2.41. The van der Waals surface area contributed by atoms with E-state index < -0.39 is 11.2 Å². The van der Waals surface area contributed by atoms with Crippen LogP contribution in [0.4, 0.5) is 11.4 Å². The number of anilines is 1. The lowest BCUT2D eigenvalue weighted by molar-refractivity contribution is -0.123. The minimum Gasteiger partial charge on any atom is -0.497 e. The van der Waals surface area contributed by atoms with Gasteiger partial charge < -0.3 is 29.6 Å². The van der Waals surface area contributed by atoms with E-state index in [-0.39, 0.29) is 17.5 Å². The Bertz CT molecular complexity index is 1060. The van der Waals surface area contributed by atoms with Crippen LogP contribution in [0.15, 0.2) is 35.3 Å². The molecule has 3 rings (SSSR count). The molecular weight excluding hydrogens is 458 g/mol. The Hall–Kier alpha value is -3.11. The molecule has 0 saturated carbocycles. The average Bonchev–Trinajstić information content (AvgIpc) is 2.79. The van der Waals surface area contributed by atoms with E-state index in [9.17, 15) is 9.59 Å². The Morgan fingerprint density at radius 1 is 1.06 bits per heavy atom. The van der Waals surface area contributed by atoms with Gasteiger partial charge in [0.15, 0.2) is 5.17 Å². The van der Waals surface area contributed by atoms with Crippen molar-refractivity contribution in [2.45, 2.75) is 11.7 Å². The molecule has 11 heteroatoms. The van der Waals surface area contributed by atoms with E-state index >= 15 is 0 Å². The normalized spacial score (nSPS) is 16.8. The molecule has 0 spiro atoms. The molecule has 170 valence electrons. The number of halogens is 1. The summed E-state index contributed by atoms with van der Waals surface area (Å²) in [5.74, 6) is 1.10. The minimum absolute atomic E-state index is 0.0161. The second-order valence-corrected chi connectivity index (χ2v) is 8.09. The zero-order chi connectivity index (χ0) is 23.3. The molecule has 0 aliphatic carbocycles. The lowest BCUT2D eigenvalue weighted by Gasteiger charge is -2.23. The van der Waals surface area contributed by atoms with Crippen LogP contribution in [0.3, 0.4) is 0 Å². The van der Waals surface area contributed by atoms with Gasteiger partial charge in [-0.05, 0) is 12.1 Å². The fraction of sp³-hybridized carbons (Fsp3) is 0.286. The van der Waals surface area contributed by atoms with Crippen LogP contribution < -0.4 is 29.6 Å². The molecule has 32 heavy (non-hydrogen) atoms. The van der Waals surface area contributed by atoms with Crippen LogP contribution >= 0.6 is 23.4 Å². The summed E-state index contributed by atoms with van der Waals surface area (Å²) in [6.07, 6.45) is -0.0161. The summed E-state index contributed by atoms with van der Waals surface area (Å²) in [6, 6.07) is 8.21. The van der Waals surface area contributed by atoms with Gasteiger partial charge >= 0.3 is 0 Å². The van der Waals surface area contributed by atoms with E-state index in [1.807, 2.05) is 0 Å². The maximum absolute atomic E-state index is 12.9. The lowest BCUT2D eigenvalue weighted by atomic mass is 10.2. The molecule has 2 aromatic rings. The molecule has 1 fully saturated rings. The van der Waals surface area contributed by atoms with Crippen molar-refractivity contribution >= 4 is 51.7 Å². The number of carbonyl (C=O) groups excluding carboxylic acids is 2. The van der Waals surface area contributed by atoms with Crippen molar-refractivity contribution in [1.29, 1.82) is 0 Å². The first-order valence-corrected chi connectivity index (χ1v) is 10.6. The maximum atomic E-state index is 12.9. The van der Waals surface area contributed by atoms with Crippen molar-refractivity contribution in [3.63, 3.8) is 0 Å². The number of benzene rings is 2. The standard InChI is InChI=1S/C21H22ClN3O6S/c1-28-11-5-6-15(29-2)13(7-11)24-21-25-19(26)10-18(32-21)20(27)23-14-9-16(30-3)12(22)8-17(14)31-4/h5-9,18H,10H2,1-4H3,(H,23,27)(H,24,25,26)/t18-/m1/s1. The number of rotatable bonds is 7. The van der Waals surface area contributed by atoms with E-state index in [4.69, 9.17) is 30.5 Å². The Morgan fingerprint density at radius 2 is 1.78 bits per heavy atom. The predicted molar refractivity (Wildman–Crippen MR) is 124 cm³/mol. The third-order valence-electron chi connectivity index (χ3n) is 4.50. The van der Waals surface area contributed by atoms with Crippen LogP contribution in [0.2, 0.25) is 5.02 Å². The van der Waals surface area contributed by atoms with Crippen LogP contribution in [-0.2, 0) is 9.59 Å². The van der Waals surface area contributed by atoms with E-state index in [0.717, 1.165) is 11.8 Å². The molecule has 2 amide bonds. The van der Waals surface area contributed by atoms with Crippen molar-refractivity contribution < 1.29 is 28.5 Å². The van der Waals surface area contributed by atoms with Gasteiger partial charge in [0.2, 0.25) is 11.8 Å². The van der Waals surface area contributed by atoms with Gasteiger partial charge in [0, 0.05) is 24.6 Å². The monoisotopic (exact) mass is 479 g/mol. The Labute approximate surface area is 194 Å². The number of methoxy groups -OCH3 is 4. The molecule has 1 aliphatic rings. The molecule has 2 aromatic carbocycles. The maximum Gasteiger partial charge on any atom is 0.238 e. The van der Waals surface area contributed by atoms with Gasteiger partial charge in [0.1, 0.15) is 33.9 Å². The van der Waals surface area contributed by atoms with Gasteiger partial charge in [0.25, 0.3) is 0 Å². The topological polar surface area (TPSA) is 107 Å². The van der Waals surface area contributed by atoms with Crippen LogP contribution in [0.1, 0.15) is 6.42 Å². The molecule has 1 saturated heterocycles. The molecule has 1 atom stereocenters. The molecule has 1 heterocycles. The van der Waals surface area contributed by atoms with E-state index in [2.05, 4.69) is 15.6 Å². The number of thioether (sulfide) groups is 1. The largest absolute Gasteiger partial charge is 0.497 e. The van der Waals surface area contributed by atoms with Crippen LogP contribution in [0.25, 0.3) is 0 Å². The summed E-state index contributed by atoms with van der Waals surface area (Å²) < 4.78 is 21.0. The van der Waals surface area contributed by atoms with E-state index in [1.54, 1.807) is 30.3 Å². The fourth-order valence-corrected chi connectivity index (χ4v) is 4.13. The Morgan fingerprint density at radius 3 is 2.44 bits per heavy atom. The molecule has 2 N–H and O–H groups in total. The van der Waals surface area contributed by atoms with Crippen LogP contribution in [0, 0.1) is 0 Å². The highest BCUT2D eigenvalue weighted by Crippen LogP contribution is 2.37. The van der Waals surface area contributed by atoms with Crippen molar-refractivity contribution in [2.75, 3.05) is 33.8 Å². The summed E-state index contributed by atoms with van der Waals surface area (Å²) in [7, 11) is 5.98. The van der Waals surface area contributed by atoms with E-state index in [1.165, 1.54) is 28.4 Å². The molecule has 9 nitrogen and oxygen atoms in total. The average molecular weight is 480 g/mol. The van der Waals surface area contributed by atoms with Crippen molar-refractivity contribution in [1.82, 2.24) is 5.32 Å². The highest BCUT2D eigenvalue weighted by atomic mass is 35.5. The highest BCUT2D eigenvalue weighted by Gasteiger charge is 2.31. The number of aliphatic imine (C=N–C) groups is 1. The Kier molecular flexibility index (Phi) is 7.70. The van der Waals surface area contributed by atoms with Crippen LogP contribution in [-0.4, -0.2) is 50.7 Å². The van der Waals surface area contributed by atoms with Gasteiger partial charge in [-0.3, -0.25) is 9.59 Å². The molecular formula is C21H22ClN3O6S. The number of nitrogens with zero attached hydrogens (tertiary/aromatic N) is 1. The highest BCUT2D eigenvalue weighted by molar-refractivity contribution is 8.15. The Balaban J connectivity index is 1.84. The fourth-order valence-electron chi connectivity index (χ4n) is 2.91. The number of hydrogen-bond acceptors (Lipinski definition) is 8. The number of nitrogens with one attached hydrogen (secondary N) is 2. The SMILES string of the molecule is COc1ccc(OC)c(N=C2NC(=O)C[C@H](C(=O)Nc3cc(OC)c(Cl)cc3OC)S2)c1. The second-order valence-electron chi connectivity index (χ2n) is 6.49. The third kappa shape index (κ3) is 5.38. The van der Waals surface area contributed by atoms with Gasteiger partial charge in [-0.25, -0.2) is 4.99 Å². The van der Waals surface area contributed by atoms with Crippen molar-refractivity contribution in [2.24, 2.45) is 4.99 Å². The first-order valence-electron chi connectivity index (χ1n) is 9.38. The first kappa shape index (κ1) is 23.6. The van der Waals surface area contributed by atoms with Crippen LogP contribution in [0.5, 0.6) is 23.0 Å². The second kappa shape index (κ2) is 10.5. The number of carbonyl (C=O) groups is 2. The summed E-state index contributed by atoms with van der Waals surface area (Å²) in [6.45, 7) is 0. The van der Waals surface area contributed by atoms with Gasteiger partial charge in [-0.2, -0.15) is 0 Å². The summed E-state index contributed by atoms with van der Waals surface area (Å²) >= 11 is 7.25. The summed E-state index contributed by atoms with van der Waals surface area (Å²) in [5.41, 5.74) is 0.832. The number of amides is 2. The molecule has 0 aromatic heterocycles. The van der Waals surface area contributed by atoms with Crippen molar-refractivity contribution in [3.05, 3.63) is 35.4 Å². The van der Waals surface area contributed by atoms with E-state index in [0.29, 0.717) is 39.4 Å². The zero-order valence-electron chi connectivity index (χ0n) is 17.9.